The predicted octanol–water partition coefficient (Wildman–Crippen LogP) is 3.46. The fourth-order valence-corrected chi connectivity index (χ4v) is 2.41. The standard InChI is InChI=1S/C19H17N5O3/c1-12-11-16(24-27)22-18(20-12)23-19(26)21-15-9-7-14(8-10-15)17(25)13-5-3-2-4-6-13/h2-11,27H,1H3,(H3,20,21,22,23,24,26). The molecule has 0 aliphatic heterocycles. The van der Waals surface area contributed by atoms with Crippen molar-refractivity contribution in [3.8, 4) is 0 Å². The van der Waals surface area contributed by atoms with Gasteiger partial charge in [0.2, 0.25) is 5.95 Å². The molecule has 0 atom stereocenters. The van der Waals surface area contributed by atoms with E-state index >= 15 is 0 Å². The van der Waals surface area contributed by atoms with Gasteiger partial charge in [0.15, 0.2) is 11.6 Å². The molecule has 2 amide bonds. The number of carbonyl (C=O) groups excluding carboxylic acids is 2. The van der Waals surface area contributed by atoms with Gasteiger partial charge in [0.25, 0.3) is 0 Å². The van der Waals surface area contributed by atoms with E-state index in [0.717, 1.165) is 0 Å². The molecule has 0 saturated carbocycles. The minimum Gasteiger partial charge on any atom is -0.308 e. The van der Waals surface area contributed by atoms with Crippen LogP contribution >= 0.6 is 0 Å². The van der Waals surface area contributed by atoms with E-state index in [-0.39, 0.29) is 17.5 Å². The number of benzene rings is 2. The first-order valence-corrected chi connectivity index (χ1v) is 8.09. The largest absolute Gasteiger partial charge is 0.326 e. The maximum atomic E-state index is 12.4. The number of urea groups is 1. The molecule has 3 aromatic rings. The van der Waals surface area contributed by atoms with E-state index in [2.05, 4.69) is 20.6 Å². The highest BCUT2D eigenvalue weighted by atomic mass is 16.5. The number of rotatable bonds is 5. The summed E-state index contributed by atoms with van der Waals surface area (Å²) in [6, 6.07) is 16.5. The van der Waals surface area contributed by atoms with Gasteiger partial charge >= 0.3 is 6.03 Å². The number of hydrogen-bond donors (Lipinski definition) is 4. The maximum absolute atomic E-state index is 12.4. The summed E-state index contributed by atoms with van der Waals surface area (Å²) in [6.45, 7) is 1.70. The van der Waals surface area contributed by atoms with Gasteiger partial charge in [-0.3, -0.25) is 20.8 Å². The molecule has 4 N–H and O–H groups in total. The molecule has 0 aliphatic carbocycles. The highest BCUT2D eigenvalue weighted by Gasteiger charge is 2.10. The van der Waals surface area contributed by atoms with Gasteiger partial charge in [0, 0.05) is 28.6 Å². The summed E-state index contributed by atoms with van der Waals surface area (Å²) in [7, 11) is 0. The van der Waals surface area contributed by atoms with Crippen molar-refractivity contribution in [2.75, 3.05) is 16.1 Å². The minimum absolute atomic E-state index is 0.0416. The van der Waals surface area contributed by atoms with Gasteiger partial charge in [-0.25, -0.2) is 9.78 Å². The van der Waals surface area contributed by atoms with E-state index in [1.165, 1.54) is 6.07 Å². The van der Waals surface area contributed by atoms with Crippen LogP contribution in [0.4, 0.5) is 22.2 Å². The summed E-state index contributed by atoms with van der Waals surface area (Å²) in [5.41, 5.74) is 4.10. The number of nitrogens with zero attached hydrogens (tertiary/aromatic N) is 2. The molecule has 0 spiro atoms. The zero-order valence-corrected chi connectivity index (χ0v) is 14.4. The molecule has 2 aromatic carbocycles. The summed E-state index contributed by atoms with van der Waals surface area (Å²) in [5, 5.41) is 14.0. The van der Waals surface area contributed by atoms with E-state index in [1.807, 2.05) is 11.5 Å². The van der Waals surface area contributed by atoms with Gasteiger partial charge in [0.05, 0.1) is 0 Å². The van der Waals surface area contributed by atoms with Crippen LogP contribution in [0.2, 0.25) is 0 Å². The van der Waals surface area contributed by atoms with Gasteiger partial charge in [-0.2, -0.15) is 4.98 Å². The van der Waals surface area contributed by atoms with Crippen molar-refractivity contribution in [1.82, 2.24) is 9.97 Å². The van der Waals surface area contributed by atoms with Crippen molar-refractivity contribution in [3.05, 3.63) is 77.5 Å². The van der Waals surface area contributed by atoms with Gasteiger partial charge in [0.1, 0.15) is 0 Å². The Hall–Kier alpha value is -3.78. The average Bonchev–Trinajstić information content (AvgIpc) is 2.68. The lowest BCUT2D eigenvalue weighted by Gasteiger charge is -2.09. The molecule has 1 aromatic heterocycles. The van der Waals surface area contributed by atoms with Crippen LogP contribution in [-0.4, -0.2) is 27.0 Å². The molecule has 1 heterocycles. The normalized spacial score (nSPS) is 10.1. The highest BCUT2D eigenvalue weighted by molar-refractivity contribution is 6.09. The molecule has 136 valence electrons. The van der Waals surface area contributed by atoms with Crippen molar-refractivity contribution < 1.29 is 14.8 Å². The number of nitrogens with one attached hydrogen (secondary N) is 3. The number of hydrogen-bond acceptors (Lipinski definition) is 6. The first-order chi connectivity index (χ1) is 13.0. The number of carbonyl (C=O) groups is 2. The molecular formula is C19H17N5O3. The zero-order valence-electron chi connectivity index (χ0n) is 14.4. The lowest BCUT2D eigenvalue weighted by Crippen LogP contribution is -2.21. The third-order valence-electron chi connectivity index (χ3n) is 3.64. The smallest absolute Gasteiger partial charge is 0.308 e. The van der Waals surface area contributed by atoms with E-state index in [0.29, 0.717) is 22.5 Å². The Morgan fingerprint density at radius 2 is 1.56 bits per heavy atom. The summed E-state index contributed by atoms with van der Waals surface area (Å²) in [5.74, 6) is 0.116. The molecule has 27 heavy (non-hydrogen) atoms. The second kappa shape index (κ2) is 8.07. The van der Waals surface area contributed by atoms with Gasteiger partial charge < -0.3 is 5.32 Å². The Morgan fingerprint density at radius 1 is 0.889 bits per heavy atom. The number of ketones is 1. The summed E-state index contributed by atoms with van der Waals surface area (Å²) < 4.78 is 0. The van der Waals surface area contributed by atoms with Crippen molar-refractivity contribution in [2.45, 2.75) is 6.92 Å². The second-order valence-electron chi connectivity index (χ2n) is 5.68. The van der Waals surface area contributed by atoms with E-state index in [4.69, 9.17) is 5.21 Å². The molecule has 0 unspecified atom stereocenters. The fraction of sp³-hybridized carbons (Fsp3) is 0.0526. The SMILES string of the molecule is Cc1cc(NO)nc(NC(=O)Nc2ccc(C(=O)c3ccccc3)cc2)n1. The highest BCUT2D eigenvalue weighted by Crippen LogP contribution is 2.14. The first kappa shape index (κ1) is 18.0. The molecule has 8 nitrogen and oxygen atoms in total. The van der Waals surface area contributed by atoms with Crippen LogP contribution in [0, 0.1) is 6.92 Å². The Kier molecular flexibility index (Phi) is 5.38. The fourth-order valence-electron chi connectivity index (χ4n) is 2.41. The van der Waals surface area contributed by atoms with Crippen LogP contribution in [0.15, 0.2) is 60.7 Å². The second-order valence-corrected chi connectivity index (χ2v) is 5.68. The average molecular weight is 363 g/mol. The molecular weight excluding hydrogens is 346 g/mol. The lowest BCUT2D eigenvalue weighted by atomic mass is 10.0. The Labute approximate surface area is 155 Å². The van der Waals surface area contributed by atoms with Gasteiger partial charge in [-0.15, -0.1) is 0 Å². The monoisotopic (exact) mass is 363 g/mol. The predicted molar refractivity (Wildman–Crippen MR) is 101 cm³/mol. The quantitative estimate of drug-likeness (QED) is 0.407. The molecule has 3 rings (SSSR count). The van der Waals surface area contributed by atoms with E-state index in [1.54, 1.807) is 55.5 Å². The Bertz CT molecular complexity index is 959. The maximum Gasteiger partial charge on any atom is 0.326 e. The number of anilines is 3. The zero-order chi connectivity index (χ0) is 19.2. The Balaban J connectivity index is 1.65. The van der Waals surface area contributed by atoms with Crippen molar-refractivity contribution in [2.24, 2.45) is 0 Å². The third-order valence-corrected chi connectivity index (χ3v) is 3.64. The molecule has 0 saturated heterocycles. The number of aryl methyl sites for hydroxylation is 1. The van der Waals surface area contributed by atoms with Crippen LogP contribution in [-0.2, 0) is 0 Å². The topological polar surface area (TPSA) is 116 Å². The lowest BCUT2D eigenvalue weighted by molar-refractivity contribution is 0.103. The van der Waals surface area contributed by atoms with Gasteiger partial charge in [-0.1, -0.05) is 30.3 Å². The third kappa shape index (κ3) is 4.65. The number of amides is 2. The van der Waals surface area contributed by atoms with Gasteiger partial charge in [-0.05, 0) is 31.2 Å². The van der Waals surface area contributed by atoms with Crippen LogP contribution < -0.4 is 16.1 Å². The van der Waals surface area contributed by atoms with Crippen LogP contribution in [0.1, 0.15) is 21.6 Å². The minimum atomic E-state index is -0.549. The first-order valence-electron chi connectivity index (χ1n) is 8.09. The molecule has 0 aliphatic rings. The van der Waals surface area contributed by atoms with Crippen LogP contribution in [0.3, 0.4) is 0 Å². The van der Waals surface area contributed by atoms with Crippen molar-refractivity contribution in [1.29, 1.82) is 0 Å². The molecule has 8 heteroatoms. The van der Waals surface area contributed by atoms with Crippen molar-refractivity contribution >= 4 is 29.3 Å². The van der Waals surface area contributed by atoms with E-state index in [9.17, 15) is 9.59 Å². The summed E-state index contributed by atoms with van der Waals surface area (Å²) in [4.78, 5) is 32.4. The summed E-state index contributed by atoms with van der Waals surface area (Å²) >= 11 is 0. The molecule has 0 radical (unpaired) electrons. The number of aromatic nitrogens is 2. The summed E-state index contributed by atoms with van der Waals surface area (Å²) in [6.07, 6.45) is 0. The van der Waals surface area contributed by atoms with Crippen LogP contribution in [0.25, 0.3) is 0 Å². The van der Waals surface area contributed by atoms with Crippen LogP contribution in [0.5, 0.6) is 0 Å². The molecule has 0 bridgehead atoms. The van der Waals surface area contributed by atoms with E-state index < -0.39 is 6.03 Å². The Morgan fingerprint density at radius 3 is 2.22 bits per heavy atom. The van der Waals surface area contributed by atoms with Crippen molar-refractivity contribution in [3.63, 3.8) is 0 Å². The molecule has 0 fully saturated rings.